The van der Waals surface area contributed by atoms with Gasteiger partial charge in [0.2, 0.25) is 5.28 Å². The van der Waals surface area contributed by atoms with E-state index in [9.17, 15) is 24.9 Å². The van der Waals surface area contributed by atoms with E-state index >= 15 is 0 Å². The van der Waals surface area contributed by atoms with Gasteiger partial charge in [0.15, 0.2) is 22.6 Å². The normalized spacial score (nSPS) is 23.3. The van der Waals surface area contributed by atoms with Gasteiger partial charge in [0.25, 0.3) is 5.60 Å². The van der Waals surface area contributed by atoms with Crippen LogP contribution in [0.4, 0.5) is 5.82 Å². The fourth-order valence-corrected chi connectivity index (χ4v) is 5.16. The molecule has 2 fully saturated rings. The number of carboxylic acids is 2. The Morgan fingerprint density at radius 3 is 2.59 bits per heavy atom. The number of fused-ring (bicyclic) bond motifs is 1. The number of hydrogen-bond donors (Lipinski definition) is 4. The summed E-state index contributed by atoms with van der Waals surface area (Å²) >= 11 is 6.23. The van der Waals surface area contributed by atoms with Crippen molar-refractivity contribution in [1.82, 2.24) is 19.5 Å². The molecular formula is C27H28ClN5O8. The smallest absolute Gasteiger partial charge is 0.348 e. The molecule has 13 nitrogen and oxygen atoms in total. The van der Waals surface area contributed by atoms with Crippen LogP contribution in [0.1, 0.15) is 31.1 Å². The fourth-order valence-electron chi connectivity index (χ4n) is 5.00. The molecular weight excluding hydrogens is 558 g/mol. The van der Waals surface area contributed by atoms with Crippen molar-refractivity contribution in [3.05, 3.63) is 47.5 Å². The van der Waals surface area contributed by atoms with E-state index in [2.05, 4.69) is 26.2 Å². The lowest BCUT2D eigenvalue weighted by molar-refractivity contribution is -0.191. The molecule has 5 rings (SSSR count). The van der Waals surface area contributed by atoms with Crippen molar-refractivity contribution in [3.8, 4) is 12.3 Å². The van der Waals surface area contributed by atoms with Crippen LogP contribution >= 0.6 is 11.6 Å². The standard InChI is InChI=1S/C27H28ClN5O8/c1-2-26(38)13-19(33-15-29-20-21(31-25(28)32-22(20)33)30-17-8-10-39-11-9-17)41-18(26)14-40-27(23(34)35,24(36)37)12-16-6-4-3-5-7-16/h1,3-7,15,17-19,38H,8-14H2,(H,34,35)(H,36,37)(H,30,31,32)/t18-,19-,26+/m1/s1. The molecule has 0 saturated carbocycles. The maximum absolute atomic E-state index is 12.2. The average molecular weight is 586 g/mol. The molecule has 3 aromatic rings. The lowest BCUT2D eigenvalue weighted by Gasteiger charge is -2.29. The molecule has 4 heterocycles. The molecule has 216 valence electrons. The third-order valence-electron chi connectivity index (χ3n) is 7.32. The average Bonchev–Trinajstić information content (AvgIpc) is 3.53. The minimum atomic E-state index is -2.65. The van der Waals surface area contributed by atoms with Crippen LogP contribution in [0.2, 0.25) is 5.28 Å². The number of rotatable bonds is 10. The first-order chi connectivity index (χ1) is 19.6. The second-order valence-electron chi connectivity index (χ2n) is 9.96. The van der Waals surface area contributed by atoms with Crippen LogP contribution in [0.5, 0.6) is 0 Å². The Morgan fingerprint density at radius 2 is 1.93 bits per heavy atom. The number of hydrogen-bond acceptors (Lipinski definition) is 10. The van der Waals surface area contributed by atoms with Crippen molar-refractivity contribution in [2.75, 3.05) is 25.1 Å². The fraction of sp³-hybridized carbons (Fsp3) is 0.444. The van der Waals surface area contributed by atoms with Gasteiger partial charge in [-0.05, 0) is 30.0 Å². The molecule has 2 aliphatic rings. The number of terminal acetylenes is 1. The van der Waals surface area contributed by atoms with Crippen LogP contribution in [-0.4, -0.2) is 89.9 Å². The molecule has 0 spiro atoms. The SMILES string of the molecule is C#C[C@]1(O)C[C@H](n2cnc3c(NC4CCOCC4)nc(Cl)nc32)O[C@@H]1COC(Cc1ccccc1)(C(=O)O)C(=O)O. The molecule has 14 heteroatoms. The number of halogens is 1. The predicted octanol–water partition coefficient (Wildman–Crippen LogP) is 1.89. The summed E-state index contributed by atoms with van der Waals surface area (Å²) in [4.78, 5) is 37.4. The summed E-state index contributed by atoms with van der Waals surface area (Å²) < 4.78 is 18.5. The van der Waals surface area contributed by atoms with Crippen molar-refractivity contribution < 1.29 is 39.1 Å². The highest BCUT2D eigenvalue weighted by Gasteiger charge is 2.53. The Morgan fingerprint density at radius 1 is 1.22 bits per heavy atom. The van der Waals surface area contributed by atoms with Gasteiger partial charge in [-0.2, -0.15) is 9.97 Å². The van der Waals surface area contributed by atoms with Gasteiger partial charge in [-0.1, -0.05) is 36.3 Å². The zero-order valence-corrected chi connectivity index (χ0v) is 22.5. The number of carbonyl (C=O) groups is 2. The lowest BCUT2D eigenvalue weighted by atomic mass is 9.93. The van der Waals surface area contributed by atoms with E-state index in [-0.39, 0.29) is 17.7 Å². The quantitative estimate of drug-likeness (QED) is 0.154. The van der Waals surface area contributed by atoms with Crippen LogP contribution in [0, 0.1) is 12.3 Å². The summed E-state index contributed by atoms with van der Waals surface area (Å²) in [6.07, 6.45) is 5.89. The summed E-state index contributed by atoms with van der Waals surface area (Å²) in [6, 6.07) is 8.31. The number of benzene rings is 1. The van der Waals surface area contributed by atoms with Gasteiger partial charge < -0.3 is 34.8 Å². The van der Waals surface area contributed by atoms with E-state index in [0.717, 1.165) is 12.8 Å². The molecule has 0 radical (unpaired) electrons. The molecule has 0 amide bonds. The van der Waals surface area contributed by atoms with Crippen LogP contribution in [0.25, 0.3) is 11.2 Å². The molecule has 1 aromatic carbocycles. The van der Waals surface area contributed by atoms with Gasteiger partial charge in [-0.15, -0.1) is 6.42 Å². The second kappa shape index (κ2) is 11.6. The molecule has 0 bridgehead atoms. The number of carboxylic acid groups (broad SMARTS) is 2. The number of ether oxygens (including phenoxy) is 3. The van der Waals surface area contributed by atoms with Gasteiger partial charge in [-0.3, -0.25) is 4.57 Å². The minimum absolute atomic E-state index is 0.0347. The van der Waals surface area contributed by atoms with E-state index in [0.29, 0.717) is 35.8 Å². The minimum Gasteiger partial charge on any atom is -0.479 e. The highest BCUT2D eigenvalue weighted by atomic mass is 35.5. The summed E-state index contributed by atoms with van der Waals surface area (Å²) in [5.74, 6) is -0.684. The Labute approximate surface area is 239 Å². The summed E-state index contributed by atoms with van der Waals surface area (Å²) in [5, 5.41) is 34.4. The predicted molar refractivity (Wildman–Crippen MR) is 144 cm³/mol. The second-order valence-corrected chi connectivity index (χ2v) is 10.3. The maximum atomic E-state index is 12.2. The summed E-state index contributed by atoms with van der Waals surface area (Å²) in [5.41, 5.74) is -3.39. The van der Waals surface area contributed by atoms with Crippen LogP contribution < -0.4 is 5.32 Å². The van der Waals surface area contributed by atoms with Crippen molar-refractivity contribution >= 4 is 40.5 Å². The lowest BCUT2D eigenvalue weighted by Crippen LogP contribution is -2.53. The van der Waals surface area contributed by atoms with E-state index < -0.39 is 48.5 Å². The third-order valence-corrected chi connectivity index (χ3v) is 7.49. The zero-order valence-electron chi connectivity index (χ0n) is 21.8. The maximum Gasteiger partial charge on any atom is 0.348 e. The highest BCUT2D eigenvalue weighted by Crippen LogP contribution is 2.39. The molecule has 4 N–H and O–H groups in total. The van der Waals surface area contributed by atoms with Gasteiger partial charge in [0.05, 0.1) is 12.9 Å². The first-order valence-corrected chi connectivity index (χ1v) is 13.3. The molecule has 3 atom stereocenters. The first kappa shape index (κ1) is 28.7. The molecule has 2 aliphatic heterocycles. The monoisotopic (exact) mass is 585 g/mol. The first-order valence-electron chi connectivity index (χ1n) is 12.9. The van der Waals surface area contributed by atoms with Crippen molar-refractivity contribution in [1.29, 1.82) is 0 Å². The van der Waals surface area contributed by atoms with Crippen LogP contribution in [0.3, 0.4) is 0 Å². The molecule has 2 aromatic heterocycles. The molecule has 2 saturated heterocycles. The van der Waals surface area contributed by atoms with Crippen molar-refractivity contribution in [2.24, 2.45) is 0 Å². The van der Waals surface area contributed by atoms with Crippen molar-refractivity contribution in [2.45, 2.75) is 55.3 Å². The number of aliphatic hydroxyl groups is 1. The topological polar surface area (TPSA) is 178 Å². The zero-order chi connectivity index (χ0) is 29.2. The van der Waals surface area contributed by atoms with E-state index in [1.54, 1.807) is 30.3 Å². The van der Waals surface area contributed by atoms with E-state index in [1.165, 1.54) is 10.9 Å². The van der Waals surface area contributed by atoms with Crippen molar-refractivity contribution in [3.63, 3.8) is 0 Å². The Bertz CT molecular complexity index is 1460. The number of imidazole rings is 1. The Kier molecular flexibility index (Phi) is 8.12. The van der Waals surface area contributed by atoms with Gasteiger partial charge in [0, 0.05) is 32.1 Å². The molecule has 41 heavy (non-hydrogen) atoms. The van der Waals surface area contributed by atoms with Crippen LogP contribution in [-0.2, 0) is 30.2 Å². The third kappa shape index (κ3) is 5.70. The Balaban J connectivity index is 1.39. The van der Waals surface area contributed by atoms with Gasteiger partial charge >= 0.3 is 11.9 Å². The summed E-state index contributed by atoms with van der Waals surface area (Å²) in [6.45, 7) is 0.616. The number of aromatic nitrogens is 4. The highest BCUT2D eigenvalue weighted by molar-refractivity contribution is 6.28. The van der Waals surface area contributed by atoms with E-state index in [4.69, 9.17) is 32.2 Å². The number of nitrogens with zero attached hydrogens (tertiary/aromatic N) is 4. The summed E-state index contributed by atoms with van der Waals surface area (Å²) in [7, 11) is 0. The van der Waals surface area contributed by atoms with Gasteiger partial charge in [-0.25, -0.2) is 14.6 Å². The molecule has 0 unspecified atom stereocenters. The van der Waals surface area contributed by atoms with E-state index in [1.807, 2.05) is 0 Å². The Hall–Kier alpha value is -3.80. The number of aliphatic carboxylic acids is 2. The van der Waals surface area contributed by atoms with Crippen LogP contribution in [0.15, 0.2) is 36.7 Å². The largest absolute Gasteiger partial charge is 0.479 e. The molecule has 0 aliphatic carbocycles. The van der Waals surface area contributed by atoms with Gasteiger partial charge in [0.1, 0.15) is 12.3 Å². The number of anilines is 1. The number of nitrogens with one attached hydrogen (secondary N) is 1.